The Balaban J connectivity index is 2.12. The van der Waals surface area contributed by atoms with Crippen molar-refractivity contribution in [3.05, 3.63) is 23.3 Å². The Morgan fingerprint density at radius 1 is 1.18 bits per heavy atom. The lowest BCUT2D eigenvalue weighted by molar-refractivity contribution is 0.0596. The van der Waals surface area contributed by atoms with Crippen LogP contribution in [0.4, 0.5) is 0 Å². The fraction of sp³-hybridized carbons (Fsp3) is 0.692. The van der Waals surface area contributed by atoms with Crippen molar-refractivity contribution in [1.82, 2.24) is 0 Å². The van der Waals surface area contributed by atoms with E-state index in [0.717, 1.165) is 32.5 Å². The van der Waals surface area contributed by atoms with Gasteiger partial charge in [-0.3, -0.25) is 0 Å². The predicted octanol–water partition coefficient (Wildman–Crippen LogP) is 3.12. The average Bonchev–Trinajstić information content (AvgIpc) is 2.30. The number of allylic oxidation sites excluding steroid dienone is 3. The molecular formula is C13H23BO3. The lowest BCUT2D eigenvalue weighted by Crippen LogP contribution is -2.32. The molecule has 0 N–H and O–H groups in total. The Kier molecular flexibility index (Phi) is 7.25. The summed E-state index contributed by atoms with van der Waals surface area (Å²) in [6, 6.07) is 0. The van der Waals surface area contributed by atoms with Crippen molar-refractivity contribution in [3.8, 4) is 0 Å². The molecule has 0 radical (unpaired) electrons. The molecule has 1 heterocycles. The lowest BCUT2D eigenvalue weighted by Gasteiger charge is -2.18. The van der Waals surface area contributed by atoms with Gasteiger partial charge in [-0.2, -0.15) is 0 Å². The Morgan fingerprint density at radius 2 is 1.88 bits per heavy atom. The number of rotatable bonds is 6. The summed E-state index contributed by atoms with van der Waals surface area (Å²) in [6.45, 7) is 8.40. The van der Waals surface area contributed by atoms with Crippen molar-refractivity contribution in [3.63, 3.8) is 0 Å². The summed E-state index contributed by atoms with van der Waals surface area (Å²) in [5.41, 5.74) is 2.72. The molecule has 0 atom stereocenters. The summed E-state index contributed by atoms with van der Waals surface area (Å²) in [4.78, 5) is 0. The van der Waals surface area contributed by atoms with Crippen LogP contribution in [0.2, 0.25) is 0 Å². The summed E-state index contributed by atoms with van der Waals surface area (Å²) in [7, 11) is -0.467. The van der Waals surface area contributed by atoms with Gasteiger partial charge in [0.2, 0.25) is 0 Å². The third kappa shape index (κ3) is 7.37. The smallest absolute Gasteiger partial charge is 0.386 e. The largest absolute Gasteiger partial charge is 0.639 e. The lowest BCUT2D eigenvalue weighted by atomic mass is 10.1. The standard InChI is InChI=1S/C13H23BO3/c1-12(2)6-4-7-13(3)8-11-17-14-15-9-5-10-16-14/h6,8H,4-5,7,9-11H2,1-3H3. The maximum Gasteiger partial charge on any atom is 0.639 e. The molecule has 17 heavy (non-hydrogen) atoms. The summed E-state index contributed by atoms with van der Waals surface area (Å²) in [5.74, 6) is 0. The van der Waals surface area contributed by atoms with Crippen LogP contribution >= 0.6 is 0 Å². The van der Waals surface area contributed by atoms with Crippen molar-refractivity contribution in [2.24, 2.45) is 0 Å². The Bertz CT molecular complexity index is 264. The van der Waals surface area contributed by atoms with Gasteiger partial charge in [0.15, 0.2) is 0 Å². The third-order valence-corrected chi connectivity index (χ3v) is 2.55. The van der Waals surface area contributed by atoms with Crippen LogP contribution in [-0.2, 0) is 14.0 Å². The first-order valence-corrected chi connectivity index (χ1v) is 6.32. The normalized spacial score (nSPS) is 17.1. The van der Waals surface area contributed by atoms with E-state index < -0.39 is 7.32 Å². The monoisotopic (exact) mass is 238 g/mol. The minimum absolute atomic E-state index is 0.467. The summed E-state index contributed by atoms with van der Waals surface area (Å²) >= 11 is 0. The number of hydrogen-bond donors (Lipinski definition) is 0. The van der Waals surface area contributed by atoms with E-state index >= 15 is 0 Å². The van der Waals surface area contributed by atoms with Gasteiger partial charge < -0.3 is 14.0 Å². The molecule has 1 saturated heterocycles. The highest BCUT2D eigenvalue weighted by Gasteiger charge is 2.23. The van der Waals surface area contributed by atoms with Crippen LogP contribution in [0.3, 0.4) is 0 Å². The zero-order valence-corrected chi connectivity index (χ0v) is 11.2. The highest BCUT2D eigenvalue weighted by Crippen LogP contribution is 2.07. The van der Waals surface area contributed by atoms with E-state index in [2.05, 4.69) is 32.9 Å². The molecule has 0 aromatic carbocycles. The molecule has 0 aliphatic carbocycles. The van der Waals surface area contributed by atoms with Gasteiger partial charge >= 0.3 is 7.32 Å². The van der Waals surface area contributed by atoms with Gasteiger partial charge in [0.25, 0.3) is 0 Å². The van der Waals surface area contributed by atoms with Crippen LogP contribution in [0.25, 0.3) is 0 Å². The molecule has 0 bridgehead atoms. The van der Waals surface area contributed by atoms with E-state index in [1.165, 1.54) is 11.1 Å². The first-order chi connectivity index (χ1) is 8.18. The SMILES string of the molecule is CC(C)=CCCC(C)=CCOB1OCCCO1. The van der Waals surface area contributed by atoms with E-state index in [1.807, 2.05) is 0 Å². The minimum atomic E-state index is -0.467. The fourth-order valence-corrected chi connectivity index (χ4v) is 1.52. The second kappa shape index (κ2) is 8.51. The maximum atomic E-state index is 5.44. The fourth-order valence-electron chi connectivity index (χ4n) is 1.52. The molecule has 1 rings (SSSR count). The maximum absolute atomic E-state index is 5.44. The van der Waals surface area contributed by atoms with Crippen molar-refractivity contribution < 1.29 is 14.0 Å². The van der Waals surface area contributed by atoms with Crippen LogP contribution in [0.1, 0.15) is 40.0 Å². The van der Waals surface area contributed by atoms with Crippen LogP contribution in [-0.4, -0.2) is 27.1 Å². The Hall–Kier alpha value is -0.575. The average molecular weight is 238 g/mol. The quantitative estimate of drug-likeness (QED) is 0.525. The number of hydrogen-bond acceptors (Lipinski definition) is 3. The van der Waals surface area contributed by atoms with Crippen LogP contribution < -0.4 is 0 Å². The third-order valence-electron chi connectivity index (χ3n) is 2.55. The topological polar surface area (TPSA) is 27.7 Å². The van der Waals surface area contributed by atoms with E-state index in [4.69, 9.17) is 14.0 Å². The van der Waals surface area contributed by atoms with Gasteiger partial charge in [0.1, 0.15) is 0 Å². The van der Waals surface area contributed by atoms with Crippen molar-refractivity contribution in [1.29, 1.82) is 0 Å². The predicted molar refractivity (Wildman–Crippen MR) is 70.6 cm³/mol. The molecular weight excluding hydrogens is 215 g/mol. The van der Waals surface area contributed by atoms with Gasteiger partial charge in [-0.1, -0.05) is 23.3 Å². The Labute approximate surface area is 105 Å². The summed E-state index contributed by atoms with van der Waals surface area (Å²) < 4.78 is 16.0. The Morgan fingerprint density at radius 3 is 2.53 bits per heavy atom. The minimum Gasteiger partial charge on any atom is -0.386 e. The van der Waals surface area contributed by atoms with Crippen LogP contribution in [0.5, 0.6) is 0 Å². The molecule has 4 heteroatoms. The van der Waals surface area contributed by atoms with E-state index in [9.17, 15) is 0 Å². The van der Waals surface area contributed by atoms with E-state index in [-0.39, 0.29) is 0 Å². The highest BCUT2D eigenvalue weighted by molar-refractivity contribution is 6.36. The van der Waals surface area contributed by atoms with Crippen molar-refractivity contribution >= 4 is 7.32 Å². The zero-order chi connectivity index (χ0) is 12.5. The van der Waals surface area contributed by atoms with E-state index in [0.29, 0.717) is 6.61 Å². The first-order valence-electron chi connectivity index (χ1n) is 6.32. The van der Waals surface area contributed by atoms with Crippen LogP contribution in [0.15, 0.2) is 23.3 Å². The first kappa shape index (κ1) is 14.5. The molecule has 0 aromatic rings. The highest BCUT2D eigenvalue weighted by atomic mass is 16.7. The van der Waals surface area contributed by atoms with Gasteiger partial charge in [-0.15, -0.1) is 0 Å². The summed E-state index contributed by atoms with van der Waals surface area (Å²) in [5, 5.41) is 0. The van der Waals surface area contributed by atoms with Gasteiger partial charge in [-0.05, 0) is 40.0 Å². The molecule has 3 nitrogen and oxygen atoms in total. The van der Waals surface area contributed by atoms with Gasteiger partial charge in [-0.25, -0.2) is 0 Å². The molecule has 1 aliphatic heterocycles. The van der Waals surface area contributed by atoms with Gasteiger partial charge in [0, 0.05) is 13.2 Å². The second-order valence-electron chi connectivity index (χ2n) is 4.59. The van der Waals surface area contributed by atoms with Crippen molar-refractivity contribution in [2.75, 3.05) is 19.8 Å². The molecule has 0 unspecified atom stereocenters. The molecule has 0 amide bonds. The van der Waals surface area contributed by atoms with Crippen LogP contribution in [0, 0.1) is 0 Å². The van der Waals surface area contributed by atoms with E-state index in [1.54, 1.807) is 0 Å². The molecule has 1 fully saturated rings. The molecule has 0 aromatic heterocycles. The molecule has 1 aliphatic rings. The van der Waals surface area contributed by atoms with Gasteiger partial charge in [0.05, 0.1) is 6.61 Å². The molecule has 0 saturated carbocycles. The zero-order valence-electron chi connectivity index (χ0n) is 11.2. The second-order valence-corrected chi connectivity index (χ2v) is 4.59. The molecule has 96 valence electrons. The summed E-state index contributed by atoms with van der Waals surface area (Å²) in [6.07, 6.45) is 7.49. The van der Waals surface area contributed by atoms with Crippen molar-refractivity contribution in [2.45, 2.75) is 40.0 Å². The molecule has 0 spiro atoms.